The van der Waals surface area contributed by atoms with Crippen LogP contribution in [0.1, 0.15) is 37.8 Å². The summed E-state index contributed by atoms with van der Waals surface area (Å²) in [5, 5.41) is 6.03. The Bertz CT molecular complexity index is 514. The van der Waals surface area contributed by atoms with Crippen molar-refractivity contribution in [2.24, 2.45) is 5.92 Å². The Balaban J connectivity index is 1.78. The van der Waals surface area contributed by atoms with E-state index in [4.69, 9.17) is 0 Å². The summed E-state index contributed by atoms with van der Waals surface area (Å²) in [4.78, 5) is 14.3. The Labute approximate surface area is 120 Å². The molecule has 1 aromatic carbocycles. The molecule has 4 nitrogen and oxygen atoms in total. The van der Waals surface area contributed by atoms with Gasteiger partial charge in [-0.3, -0.25) is 4.79 Å². The Morgan fingerprint density at radius 3 is 3.05 bits per heavy atom. The molecule has 0 aliphatic carbocycles. The minimum absolute atomic E-state index is 0.0462. The van der Waals surface area contributed by atoms with E-state index in [1.165, 1.54) is 24.9 Å². The molecule has 108 valence electrons. The molecule has 2 heterocycles. The third kappa shape index (κ3) is 2.29. The Hall–Kier alpha value is -1.55. The van der Waals surface area contributed by atoms with Crippen molar-refractivity contribution in [2.75, 3.05) is 30.4 Å². The molecule has 1 aromatic rings. The van der Waals surface area contributed by atoms with E-state index in [1.54, 1.807) is 0 Å². The molecule has 0 spiro atoms. The van der Waals surface area contributed by atoms with Gasteiger partial charge in [0.2, 0.25) is 5.91 Å². The highest BCUT2D eigenvalue weighted by Crippen LogP contribution is 2.35. The summed E-state index contributed by atoms with van der Waals surface area (Å²) in [5.41, 5.74) is 3.26. The number of hydrogen-bond acceptors (Lipinski definition) is 3. The van der Waals surface area contributed by atoms with Gasteiger partial charge in [0.25, 0.3) is 0 Å². The topological polar surface area (TPSA) is 44.4 Å². The van der Waals surface area contributed by atoms with Gasteiger partial charge in [-0.15, -0.1) is 0 Å². The van der Waals surface area contributed by atoms with Crippen LogP contribution in [0.5, 0.6) is 0 Å². The number of nitrogens with one attached hydrogen (secondary N) is 2. The van der Waals surface area contributed by atoms with Crippen molar-refractivity contribution in [3.8, 4) is 0 Å². The van der Waals surface area contributed by atoms with Crippen LogP contribution in [0.15, 0.2) is 18.2 Å². The van der Waals surface area contributed by atoms with Crippen LogP contribution in [0.3, 0.4) is 0 Å². The highest BCUT2D eigenvalue weighted by molar-refractivity contribution is 6.03. The maximum atomic E-state index is 11.8. The third-order valence-corrected chi connectivity index (χ3v) is 4.50. The fourth-order valence-corrected chi connectivity index (χ4v) is 3.44. The average molecular weight is 273 g/mol. The summed E-state index contributed by atoms with van der Waals surface area (Å²) in [6.45, 7) is 4.54. The van der Waals surface area contributed by atoms with Crippen molar-refractivity contribution in [3.63, 3.8) is 0 Å². The van der Waals surface area contributed by atoms with Gasteiger partial charge < -0.3 is 15.5 Å². The summed E-state index contributed by atoms with van der Waals surface area (Å²) in [5.74, 6) is 0.873. The number of fused-ring (bicyclic) bond motifs is 1. The molecule has 1 saturated heterocycles. The smallest absolute Gasteiger partial charge is 0.246 e. The largest absolute Gasteiger partial charge is 0.371 e. The second kappa shape index (κ2) is 5.44. The van der Waals surface area contributed by atoms with E-state index in [9.17, 15) is 4.79 Å². The molecule has 2 unspecified atom stereocenters. The first-order chi connectivity index (χ1) is 9.72. The van der Waals surface area contributed by atoms with E-state index in [2.05, 4.69) is 40.7 Å². The second-order valence-electron chi connectivity index (χ2n) is 5.87. The van der Waals surface area contributed by atoms with Gasteiger partial charge in [-0.1, -0.05) is 19.4 Å². The zero-order chi connectivity index (χ0) is 14.1. The molecule has 2 atom stereocenters. The molecule has 0 saturated carbocycles. The highest BCUT2D eigenvalue weighted by Gasteiger charge is 2.30. The fraction of sp³-hybridized carbons (Fsp3) is 0.562. The summed E-state index contributed by atoms with van der Waals surface area (Å²) in [6.07, 6.45) is 3.87. The van der Waals surface area contributed by atoms with Crippen LogP contribution in [-0.2, 0) is 4.79 Å². The monoisotopic (exact) mass is 273 g/mol. The molecule has 1 amide bonds. The average Bonchev–Trinajstić information content (AvgIpc) is 3.01. The van der Waals surface area contributed by atoms with E-state index >= 15 is 0 Å². The van der Waals surface area contributed by atoms with Gasteiger partial charge in [-0.2, -0.15) is 0 Å². The van der Waals surface area contributed by atoms with E-state index < -0.39 is 0 Å². The lowest BCUT2D eigenvalue weighted by Gasteiger charge is -2.19. The van der Waals surface area contributed by atoms with Crippen LogP contribution < -0.4 is 15.5 Å². The Morgan fingerprint density at radius 1 is 1.45 bits per heavy atom. The SMILES string of the molecule is CCCC1CCN(c2ccc3c(c2)NC(=O)C3NC)C1. The van der Waals surface area contributed by atoms with Crippen molar-refractivity contribution in [3.05, 3.63) is 23.8 Å². The standard InChI is InChI=1S/C16H23N3O/c1-3-4-11-7-8-19(10-11)12-5-6-13-14(9-12)18-16(20)15(13)17-2/h5-6,9,11,15,17H,3-4,7-8,10H2,1-2H3,(H,18,20). The molecule has 0 aromatic heterocycles. The van der Waals surface area contributed by atoms with Crippen LogP contribution in [0.2, 0.25) is 0 Å². The molecule has 2 N–H and O–H groups in total. The molecule has 0 radical (unpaired) electrons. The highest BCUT2D eigenvalue weighted by atomic mass is 16.2. The molecule has 2 aliphatic rings. The van der Waals surface area contributed by atoms with Crippen molar-refractivity contribution >= 4 is 17.3 Å². The van der Waals surface area contributed by atoms with Crippen LogP contribution in [0.25, 0.3) is 0 Å². The van der Waals surface area contributed by atoms with Gasteiger partial charge in [-0.05, 0) is 37.9 Å². The number of carbonyl (C=O) groups excluding carboxylic acids is 1. The first-order valence-electron chi connectivity index (χ1n) is 7.60. The van der Waals surface area contributed by atoms with E-state index in [-0.39, 0.29) is 11.9 Å². The fourth-order valence-electron chi connectivity index (χ4n) is 3.44. The van der Waals surface area contributed by atoms with Crippen molar-refractivity contribution in [1.82, 2.24) is 5.32 Å². The number of likely N-dealkylation sites (N-methyl/N-ethyl adjacent to an activating group) is 1. The first-order valence-corrected chi connectivity index (χ1v) is 7.60. The summed E-state index contributed by atoms with van der Waals surface area (Å²) < 4.78 is 0. The molecule has 1 fully saturated rings. The van der Waals surface area contributed by atoms with Gasteiger partial charge in [0.15, 0.2) is 0 Å². The quantitative estimate of drug-likeness (QED) is 0.886. The summed E-state index contributed by atoms with van der Waals surface area (Å²) in [7, 11) is 1.82. The zero-order valence-electron chi connectivity index (χ0n) is 12.3. The first kappa shape index (κ1) is 13.4. The Morgan fingerprint density at radius 2 is 2.30 bits per heavy atom. The van der Waals surface area contributed by atoms with E-state index in [0.717, 1.165) is 30.3 Å². The lowest BCUT2D eigenvalue weighted by atomic mass is 10.0. The number of amides is 1. The van der Waals surface area contributed by atoms with Crippen LogP contribution in [0, 0.1) is 5.92 Å². The van der Waals surface area contributed by atoms with Gasteiger partial charge in [0, 0.05) is 30.0 Å². The number of benzene rings is 1. The van der Waals surface area contributed by atoms with Crippen LogP contribution >= 0.6 is 0 Å². The van der Waals surface area contributed by atoms with Gasteiger partial charge in [-0.25, -0.2) is 0 Å². The molecule has 3 rings (SSSR count). The number of hydrogen-bond donors (Lipinski definition) is 2. The second-order valence-corrected chi connectivity index (χ2v) is 5.87. The molecular formula is C16H23N3O. The predicted octanol–water partition coefficient (Wildman–Crippen LogP) is 2.53. The number of carbonyl (C=O) groups is 1. The van der Waals surface area contributed by atoms with E-state index in [1.807, 2.05) is 7.05 Å². The third-order valence-electron chi connectivity index (χ3n) is 4.50. The van der Waals surface area contributed by atoms with Crippen molar-refractivity contribution in [2.45, 2.75) is 32.2 Å². The summed E-state index contributed by atoms with van der Waals surface area (Å²) >= 11 is 0. The van der Waals surface area contributed by atoms with Gasteiger partial charge >= 0.3 is 0 Å². The lowest BCUT2D eigenvalue weighted by molar-refractivity contribution is -0.117. The molecular weight excluding hydrogens is 250 g/mol. The van der Waals surface area contributed by atoms with Crippen molar-refractivity contribution in [1.29, 1.82) is 0 Å². The van der Waals surface area contributed by atoms with Gasteiger partial charge in [0.1, 0.15) is 6.04 Å². The number of anilines is 2. The molecule has 4 heteroatoms. The van der Waals surface area contributed by atoms with Crippen molar-refractivity contribution < 1.29 is 4.79 Å². The normalized spacial score (nSPS) is 24.9. The molecule has 2 aliphatic heterocycles. The summed E-state index contributed by atoms with van der Waals surface area (Å²) in [6, 6.07) is 6.15. The Kier molecular flexibility index (Phi) is 3.66. The van der Waals surface area contributed by atoms with Crippen LogP contribution in [0.4, 0.5) is 11.4 Å². The maximum Gasteiger partial charge on any atom is 0.246 e. The molecule has 20 heavy (non-hydrogen) atoms. The van der Waals surface area contributed by atoms with Crippen LogP contribution in [-0.4, -0.2) is 26.0 Å². The lowest BCUT2D eigenvalue weighted by Crippen LogP contribution is -2.23. The number of nitrogens with zero attached hydrogens (tertiary/aromatic N) is 1. The van der Waals surface area contributed by atoms with Gasteiger partial charge in [0.05, 0.1) is 0 Å². The zero-order valence-corrected chi connectivity index (χ0v) is 12.3. The minimum Gasteiger partial charge on any atom is -0.371 e. The van der Waals surface area contributed by atoms with E-state index in [0.29, 0.717) is 0 Å². The maximum absolute atomic E-state index is 11.8. The minimum atomic E-state index is -0.203. The number of rotatable bonds is 4. The predicted molar refractivity (Wildman–Crippen MR) is 82.1 cm³/mol. The molecule has 0 bridgehead atoms.